The summed E-state index contributed by atoms with van der Waals surface area (Å²) in [6.45, 7) is 1.10. The van der Waals surface area contributed by atoms with Gasteiger partial charge in [0.25, 0.3) is 0 Å². The van der Waals surface area contributed by atoms with Gasteiger partial charge in [-0.2, -0.15) is 0 Å². The van der Waals surface area contributed by atoms with Crippen LogP contribution in [0.15, 0.2) is 0 Å². The maximum absolute atomic E-state index is 9.74. The van der Waals surface area contributed by atoms with Crippen LogP contribution >= 0.6 is 0 Å². The Bertz CT molecular complexity index is 47.0. The Hall–Kier alpha value is -0.120. The first kappa shape index (κ1) is 6.88. The highest BCUT2D eigenvalue weighted by atomic mass is 16.3. The summed E-state index contributed by atoms with van der Waals surface area (Å²) in [6.07, 6.45) is -0.875. The fourth-order valence-electron chi connectivity index (χ4n) is 0.152. The largest absolute Gasteiger partial charge is 0.389 e. The molecular weight excluding hydrogens is 94.0 g/mol. The molecule has 3 heteroatoms. The van der Waals surface area contributed by atoms with Crippen LogP contribution in [0.5, 0.6) is 0 Å². The van der Waals surface area contributed by atoms with Crippen LogP contribution in [0, 0.1) is 0 Å². The van der Waals surface area contributed by atoms with E-state index in [1.807, 2.05) is 0 Å². The number of nitrogens with two attached hydrogens (primary N) is 1. The van der Waals surface area contributed by atoms with Crippen LogP contribution in [0.4, 0.5) is 0 Å². The topological polar surface area (TPSA) is 66.2 Å². The van der Waals surface area contributed by atoms with Crippen molar-refractivity contribution in [3.8, 4) is 0 Å². The van der Waals surface area contributed by atoms with E-state index in [2.05, 4.69) is 0 Å². The number of rotatable bonds is 2. The zero-order chi connectivity index (χ0) is 5.86. The number of hydrogen-bond donors (Lipinski definition) is 2. The highest BCUT2D eigenvalue weighted by molar-refractivity contribution is 4.62. The smallest absolute Gasteiger partial charge is 0.110 e. The maximum Gasteiger partial charge on any atom is 0.110 e. The van der Waals surface area contributed by atoms with Crippen molar-refractivity contribution < 1.29 is 10.2 Å². The molecule has 3 nitrogen and oxygen atoms in total. The molecule has 0 aliphatic heterocycles. The Kier molecular flexibility index (Phi) is 2.91. The molecule has 43 valence electrons. The molecular formula is C4H10NO2. The van der Waals surface area contributed by atoms with Gasteiger partial charge >= 0.3 is 0 Å². The molecule has 0 aliphatic rings. The first-order chi connectivity index (χ1) is 3.18. The van der Waals surface area contributed by atoms with Crippen LogP contribution < -0.4 is 5.73 Å². The standard InChI is InChI=1S/C4H10NO2/c1-3(5)4(7)2-6/h3-4,7H,2,5H2,1H3. The van der Waals surface area contributed by atoms with Crippen molar-refractivity contribution in [3.63, 3.8) is 0 Å². The number of aliphatic hydroxyl groups is 1. The second-order valence-electron chi connectivity index (χ2n) is 1.59. The lowest BCUT2D eigenvalue weighted by Crippen LogP contribution is -2.33. The highest BCUT2D eigenvalue weighted by Crippen LogP contribution is 1.84. The molecule has 0 aromatic heterocycles. The van der Waals surface area contributed by atoms with Crippen LogP contribution in [0.25, 0.3) is 0 Å². The third kappa shape index (κ3) is 2.56. The van der Waals surface area contributed by atoms with E-state index in [1.165, 1.54) is 0 Å². The van der Waals surface area contributed by atoms with E-state index in [4.69, 9.17) is 10.8 Å². The minimum atomic E-state index is -0.875. The molecule has 0 bridgehead atoms. The second kappa shape index (κ2) is 2.96. The van der Waals surface area contributed by atoms with Crippen molar-refractivity contribution >= 4 is 0 Å². The van der Waals surface area contributed by atoms with Gasteiger partial charge in [0.2, 0.25) is 0 Å². The van der Waals surface area contributed by atoms with E-state index in [9.17, 15) is 5.11 Å². The Morgan fingerprint density at radius 2 is 2.29 bits per heavy atom. The minimum Gasteiger partial charge on any atom is -0.389 e. The van der Waals surface area contributed by atoms with Gasteiger partial charge in [0.05, 0.1) is 6.10 Å². The zero-order valence-electron chi connectivity index (χ0n) is 4.29. The van der Waals surface area contributed by atoms with Crippen molar-refractivity contribution in [1.82, 2.24) is 0 Å². The Labute approximate surface area is 42.8 Å². The molecule has 0 spiro atoms. The molecule has 0 rings (SSSR count). The van der Waals surface area contributed by atoms with Gasteiger partial charge in [0.1, 0.15) is 6.61 Å². The summed E-state index contributed by atoms with van der Waals surface area (Å²) in [7, 11) is 0. The average Bonchev–Trinajstić information content (AvgIpc) is 1.65. The summed E-state index contributed by atoms with van der Waals surface area (Å²) in [5, 5.41) is 18.2. The van der Waals surface area contributed by atoms with Crippen LogP contribution in [0.3, 0.4) is 0 Å². The quantitative estimate of drug-likeness (QED) is 0.478. The lowest BCUT2D eigenvalue weighted by Gasteiger charge is -2.07. The van der Waals surface area contributed by atoms with Crippen molar-refractivity contribution in [2.75, 3.05) is 6.61 Å². The van der Waals surface area contributed by atoms with E-state index < -0.39 is 18.8 Å². The molecule has 1 radical (unpaired) electrons. The van der Waals surface area contributed by atoms with Gasteiger partial charge < -0.3 is 10.8 Å². The van der Waals surface area contributed by atoms with Gasteiger partial charge in [-0.1, -0.05) is 0 Å². The van der Waals surface area contributed by atoms with Crippen LogP contribution in [-0.4, -0.2) is 23.9 Å². The van der Waals surface area contributed by atoms with E-state index in [1.54, 1.807) is 6.92 Å². The molecule has 3 N–H and O–H groups in total. The van der Waals surface area contributed by atoms with E-state index in [-0.39, 0.29) is 0 Å². The lowest BCUT2D eigenvalue weighted by molar-refractivity contribution is 0.0428. The normalized spacial score (nSPS) is 18.9. The Morgan fingerprint density at radius 3 is 2.29 bits per heavy atom. The monoisotopic (exact) mass is 104 g/mol. The van der Waals surface area contributed by atoms with Crippen molar-refractivity contribution in [2.24, 2.45) is 5.73 Å². The summed E-state index contributed by atoms with van der Waals surface area (Å²) in [4.78, 5) is 0. The Morgan fingerprint density at radius 1 is 1.86 bits per heavy atom. The summed E-state index contributed by atoms with van der Waals surface area (Å²) >= 11 is 0. The first-order valence-electron chi connectivity index (χ1n) is 2.20. The van der Waals surface area contributed by atoms with Gasteiger partial charge in [-0.15, -0.1) is 0 Å². The lowest BCUT2D eigenvalue weighted by atomic mass is 10.2. The number of aliphatic hydroxyl groups excluding tert-OH is 1. The summed E-state index contributed by atoms with van der Waals surface area (Å²) in [5.74, 6) is 0. The highest BCUT2D eigenvalue weighted by Gasteiger charge is 2.06. The van der Waals surface area contributed by atoms with Gasteiger partial charge in [0.15, 0.2) is 0 Å². The van der Waals surface area contributed by atoms with Gasteiger partial charge in [0, 0.05) is 6.04 Å². The molecule has 0 aromatic rings. The molecule has 2 atom stereocenters. The molecule has 0 aliphatic carbocycles. The minimum absolute atomic E-state index is 0.391. The fraction of sp³-hybridized carbons (Fsp3) is 1.00. The first-order valence-corrected chi connectivity index (χ1v) is 2.20. The molecule has 2 unspecified atom stereocenters. The van der Waals surface area contributed by atoms with E-state index in [0.29, 0.717) is 0 Å². The van der Waals surface area contributed by atoms with Gasteiger partial charge in [-0.25, -0.2) is 5.11 Å². The summed E-state index contributed by atoms with van der Waals surface area (Å²) in [5.41, 5.74) is 5.10. The van der Waals surface area contributed by atoms with Gasteiger partial charge in [-0.05, 0) is 6.92 Å². The molecule has 0 saturated heterocycles. The molecule has 0 aromatic carbocycles. The van der Waals surface area contributed by atoms with E-state index >= 15 is 0 Å². The molecule has 0 heterocycles. The Balaban J connectivity index is 3.14. The second-order valence-corrected chi connectivity index (χ2v) is 1.59. The maximum atomic E-state index is 9.74. The predicted molar refractivity (Wildman–Crippen MR) is 25.2 cm³/mol. The molecule has 0 amide bonds. The average molecular weight is 104 g/mol. The zero-order valence-corrected chi connectivity index (χ0v) is 4.29. The molecule has 0 fully saturated rings. The van der Waals surface area contributed by atoms with Crippen LogP contribution in [0.2, 0.25) is 0 Å². The number of hydrogen-bond acceptors (Lipinski definition) is 2. The van der Waals surface area contributed by atoms with Crippen LogP contribution in [0.1, 0.15) is 6.92 Å². The fourth-order valence-corrected chi connectivity index (χ4v) is 0.152. The third-order valence-electron chi connectivity index (χ3n) is 0.778. The molecule has 0 saturated carbocycles. The predicted octanol–water partition coefficient (Wildman–Crippen LogP) is -0.875. The summed E-state index contributed by atoms with van der Waals surface area (Å²) in [6, 6.07) is -0.391. The third-order valence-corrected chi connectivity index (χ3v) is 0.778. The van der Waals surface area contributed by atoms with Crippen LogP contribution in [-0.2, 0) is 5.11 Å². The van der Waals surface area contributed by atoms with Crippen molar-refractivity contribution in [1.29, 1.82) is 0 Å². The van der Waals surface area contributed by atoms with Crippen molar-refractivity contribution in [2.45, 2.75) is 19.1 Å². The van der Waals surface area contributed by atoms with Gasteiger partial charge in [-0.3, -0.25) is 0 Å². The molecule has 7 heavy (non-hydrogen) atoms. The van der Waals surface area contributed by atoms with E-state index in [0.717, 1.165) is 0 Å². The van der Waals surface area contributed by atoms with Crippen molar-refractivity contribution in [3.05, 3.63) is 0 Å². The summed E-state index contributed by atoms with van der Waals surface area (Å²) < 4.78 is 0. The SMILES string of the molecule is CC(N)C(O)C[O].